The summed E-state index contributed by atoms with van der Waals surface area (Å²) in [5, 5.41) is 18.9. The van der Waals surface area contributed by atoms with Crippen molar-refractivity contribution < 1.29 is 57.1 Å². The molecule has 0 atom stereocenters. The minimum absolute atomic E-state index is 0.0123. The molecule has 25 rings (SSSR count). The van der Waals surface area contributed by atoms with Gasteiger partial charge in [0.25, 0.3) is 5.56 Å². The van der Waals surface area contributed by atoms with E-state index in [2.05, 4.69) is 74.0 Å². The van der Waals surface area contributed by atoms with Gasteiger partial charge in [-0.3, -0.25) is 38.7 Å². The van der Waals surface area contributed by atoms with Crippen molar-refractivity contribution in [3.8, 4) is 108 Å². The van der Waals surface area contributed by atoms with Crippen LogP contribution in [0.3, 0.4) is 0 Å². The standard InChI is InChI=1S/C26H21NO4.C24H18N2O3.C24H18N2O2.C24H18N2O.C23H15NO3/c1-14-5-7-20(15(2)11-14)31-26-21(30-4)8-6-18-23(26)25(28)19-13-17(29-3)12-16-9-10-27-24(18)22(16)19;1-28-16-10-8-15(9-11-16)25-19-12-7-14-13-20(29-2)26-23-17-5-3-4-6-18(17)24(27)22(19)21(14)23;1-14-16-12-13-19(25-15-8-4-3-5-9-15)21-20(16)22(26-24(14)28-2)17-10-6-7-11-18(17)23(21)27;1-14-7-9-19(15(2)13-14)26-20-10-8-16-11-12-25-23-17-5-3-4-6-18(17)24(27)22(20)21(16)23;1-13-9-11-14(12-10-13)27-22-18-8-4-7-17-19(18)20(24-23(22)26)15-5-2-3-6-16(15)21(17)25/h5-13H,1-4H3;3-13,25H,1-2H3;3-13,25H,1-2H3;3-13,26H,1-2H3;2-12H,1H3,(H,24,26). The van der Waals surface area contributed by atoms with Gasteiger partial charge in [0.1, 0.15) is 23.0 Å². The number of carbonyl (C=O) groups excluding carboxylic acids is 5. The van der Waals surface area contributed by atoms with Crippen molar-refractivity contribution in [2.24, 2.45) is 0 Å². The van der Waals surface area contributed by atoms with Crippen molar-refractivity contribution in [3.05, 3.63) is 421 Å². The third kappa shape index (κ3) is 16.1. The smallest absolute Gasteiger partial charge is 0.292 e. The lowest BCUT2D eigenvalue weighted by Gasteiger charge is -2.23. The molecule has 15 aromatic carbocycles. The molecule has 692 valence electrons. The molecular formula is C121H90N8O13. The Bertz CT molecular complexity index is 8760. The third-order valence-electron chi connectivity index (χ3n) is 26.3. The van der Waals surface area contributed by atoms with E-state index in [1.54, 1.807) is 66.0 Å². The predicted molar refractivity (Wildman–Crippen MR) is 559 cm³/mol. The van der Waals surface area contributed by atoms with Gasteiger partial charge in [-0.2, -0.15) is 0 Å². The van der Waals surface area contributed by atoms with E-state index in [-0.39, 0.29) is 40.2 Å². The van der Waals surface area contributed by atoms with Crippen molar-refractivity contribution in [1.29, 1.82) is 0 Å². The van der Waals surface area contributed by atoms with E-state index < -0.39 is 0 Å². The van der Waals surface area contributed by atoms with E-state index in [0.717, 1.165) is 167 Å². The van der Waals surface area contributed by atoms with Gasteiger partial charge >= 0.3 is 0 Å². The summed E-state index contributed by atoms with van der Waals surface area (Å²) in [7, 11) is 8.02. The number of nitrogens with zero attached hydrogens (tertiary/aromatic N) is 4. The van der Waals surface area contributed by atoms with Crippen molar-refractivity contribution in [2.45, 2.75) is 41.5 Å². The summed E-state index contributed by atoms with van der Waals surface area (Å²) in [5.74, 6) is 4.71. The number of ether oxygens (including phenoxy) is 7. The van der Waals surface area contributed by atoms with Crippen LogP contribution in [-0.2, 0) is 0 Å². The number of methoxy groups -OCH3 is 5. The molecule has 0 spiro atoms. The maximum atomic E-state index is 13.8. The van der Waals surface area contributed by atoms with Crippen molar-refractivity contribution in [3.63, 3.8) is 0 Å². The lowest BCUT2D eigenvalue weighted by atomic mass is 9.84. The number of ketones is 5. The Morgan fingerprint density at radius 2 is 0.782 bits per heavy atom. The van der Waals surface area contributed by atoms with Crippen LogP contribution in [0, 0.1) is 41.5 Å². The summed E-state index contributed by atoms with van der Waals surface area (Å²) < 4.78 is 39.4. The summed E-state index contributed by atoms with van der Waals surface area (Å²) in [6.45, 7) is 12.1. The maximum Gasteiger partial charge on any atom is 0.292 e. The molecule has 21 nitrogen and oxygen atoms in total. The first-order valence-electron chi connectivity index (χ1n) is 46.2. The minimum Gasteiger partial charge on any atom is -0.497 e. The number of para-hydroxylation sites is 1. The van der Waals surface area contributed by atoms with E-state index in [1.165, 1.54) is 5.56 Å². The van der Waals surface area contributed by atoms with Crippen LogP contribution in [0.1, 0.15) is 113 Å². The number of carbonyl (C=O) groups is 5. The Labute approximate surface area is 816 Å². The largest absolute Gasteiger partial charge is 0.497 e. The van der Waals surface area contributed by atoms with Crippen LogP contribution >= 0.6 is 0 Å². The number of aromatic nitrogens is 5. The first-order chi connectivity index (χ1) is 69.1. The Balaban J connectivity index is 0.000000105. The highest BCUT2D eigenvalue weighted by Crippen LogP contribution is 2.52. The number of hydrogen-bond acceptors (Lipinski definition) is 20. The van der Waals surface area contributed by atoms with Crippen LogP contribution in [0.5, 0.6) is 52.0 Å². The van der Waals surface area contributed by atoms with Gasteiger partial charge in [0.15, 0.2) is 46.2 Å². The molecule has 5 aromatic heterocycles. The highest BCUT2D eigenvalue weighted by Gasteiger charge is 2.37. The van der Waals surface area contributed by atoms with Gasteiger partial charge in [-0.1, -0.05) is 205 Å². The molecule has 4 N–H and O–H groups in total. The average molecular weight is 1860 g/mol. The molecule has 0 bridgehead atoms. The van der Waals surface area contributed by atoms with Crippen LogP contribution in [0.15, 0.2) is 327 Å². The fourth-order valence-electron chi connectivity index (χ4n) is 19.5. The summed E-state index contributed by atoms with van der Waals surface area (Å²) in [4.78, 5) is 101. The lowest BCUT2D eigenvalue weighted by molar-refractivity contribution is 0.103. The van der Waals surface area contributed by atoms with Crippen LogP contribution in [0.25, 0.3) is 110 Å². The van der Waals surface area contributed by atoms with Gasteiger partial charge in [0.05, 0.1) is 103 Å². The number of fused-ring (bicyclic) bond motifs is 10. The van der Waals surface area contributed by atoms with Gasteiger partial charge in [0.2, 0.25) is 11.8 Å². The van der Waals surface area contributed by atoms with Gasteiger partial charge < -0.3 is 54.1 Å². The number of rotatable bonds is 15. The molecule has 142 heavy (non-hydrogen) atoms. The van der Waals surface area contributed by atoms with Crippen molar-refractivity contribution >= 4 is 117 Å². The number of H-pyrrole nitrogens is 1. The van der Waals surface area contributed by atoms with Gasteiger partial charge in [0, 0.05) is 135 Å². The topological polar surface area (TPSA) is 270 Å². The SMILES string of the molecule is COc1cc2c3c(nccc3c1)-c1ccc(OC)c(Oc3ccc(C)cc3C)c1C2=O.COc1ccc(Nc2ccc3cc(OC)nc4c3c2C(=O)c2ccccc2-4)cc1.COc1nc2c3c(c(Nc4ccccc4)ccc3c1C)C(=O)c1ccccc1-2.Cc1ccc(Nc2ccc3ccnc4c3c2C(=O)c2ccccc2-4)c(C)c1.Cc1ccc(Oc2c(=O)[nH]c3c4c(cccc24)C(=O)c2ccccc2-3)cc1. The second-order valence-electron chi connectivity index (χ2n) is 35.1. The van der Waals surface area contributed by atoms with Crippen molar-refractivity contribution in [2.75, 3.05) is 51.5 Å². The number of pyridine rings is 5. The molecule has 0 radical (unpaired) electrons. The highest BCUT2D eigenvalue weighted by molar-refractivity contribution is 6.32. The van der Waals surface area contributed by atoms with Crippen molar-refractivity contribution in [1.82, 2.24) is 24.9 Å². The monoisotopic (exact) mass is 1860 g/mol. The molecule has 0 aliphatic heterocycles. The molecule has 0 saturated heterocycles. The van der Waals surface area contributed by atoms with E-state index in [0.29, 0.717) is 107 Å². The molecule has 5 heterocycles. The second kappa shape index (κ2) is 37.2. The fraction of sp³-hybridized carbons (Fsp3) is 0.0909. The maximum absolute atomic E-state index is 13.8. The van der Waals surface area contributed by atoms with E-state index in [4.69, 9.17) is 38.1 Å². The summed E-state index contributed by atoms with van der Waals surface area (Å²) in [6.07, 6.45) is 3.56. The predicted octanol–water partition coefficient (Wildman–Crippen LogP) is 27.2. The average Bonchev–Trinajstić information content (AvgIpc) is 0.704. The number of anilines is 6. The Morgan fingerprint density at radius 1 is 0.282 bits per heavy atom. The summed E-state index contributed by atoms with van der Waals surface area (Å²) in [5.41, 5.74) is 25.4. The number of benzene rings is 15. The molecule has 20 aromatic rings. The number of aromatic amines is 1. The molecular weight excluding hydrogens is 1770 g/mol. The van der Waals surface area contributed by atoms with Crippen LogP contribution in [0.2, 0.25) is 0 Å². The molecule has 5 aliphatic carbocycles. The molecule has 21 heteroatoms. The van der Waals surface area contributed by atoms with E-state index in [1.807, 2.05) is 295 Å². The lowest BCUT2D eigenvalue weighted by Crippen LogP contribution is -2.17. The second-order valence-corrected chi connectivity index (χ2v) is 35.1. The highest BCUT2D eigenvalue weighted by atomic mass is 16.5. The first kappa shape index (κ1) is 90.0. The van der Waals surface area contributed by atoms with Crippen LogP contribution in [-0.4, -0.2) is 89.4 Å². The first-order valence-corrected chi connectivity index (χ1v) is 46.2. The Hall–Kier alpha value is -18.5. The Kier molecular flexibility index (Phi) is 23.6. The number of nitrogens with one attached hydrogen (secondary N) is 4. The summed E-state index contributed by atoms with van der Waals surface area (Å²) in [6, 6.07) is 97.9. The van der Waals surface area contributed by atoms with Crippen LogP contribution < -0.4 is 54.7 Å². The number of aryl methyl sites for hydroxylation is 6. The molecule has 5 aliphatic rings. The molecule has 0 amide bonds. The third-order valence-corrected chi connectivity index (χ3v) is 26.3. The van der Waals surface area contributed by atoms with Crippen LogP contribution in [0.4, 0.5) is 34.1 Å². The van der Waals surface area contributed by atoms with Gasteiger partial charge in [-0.05, 0) is 189 Å². The fourth-order valence-corrected chi connectivity index (χ4v) is 19.5. The number of hydrogen-bond donors (Lipinski definition) is 4. The van der Waals surface area contributed by atoms with E-state index >= 15 is 0 Å². The zero-order chi connectivity index (χ0) is 98.0. The Morgan fingerprint density at radius 3 is 1.40 bits per heavy atom. The quantitative estimate of drug-likeness (QED) is 0.0742. The molecule has 0 fully saturated rings. The zero-order valence-corrected chi connectivity index (χ0v) is 79.2. The van der Waals surface area contributed by atoms with E-state index in [9.17, 15) is 28.8 Å². The van der Waals surface area contributed by atoms with Gasteiger partial charge in [-0.25, -0.2) is 9.97 Å². The molecule has 0 saturated carbocycles. The summed E-state index contributed by atoms with van der Waals surface area (Å²) >= 11 is 0. The zero-order valence-electron chi connectivity index (χ0n) is 79.2. The molecule has 0 unspecified atom stereocenters. The van der Waals surface area contributed by atoms with Gasteiger partial charge in [-0.15, -0.1) is 0 Å². The normalized spacial score (nSPS) is 12.0. The minimum atomic E-state index is -0.320.